The van der Waals surface area contributed by atoms with Crippen molar-refractivity contribution in [2.75, 3.05) is 0 Å². The van der Waals surface area contributed by atoms with Gasteiger partial charge in [0.15, 0.2) is 5.82 Å². The molecule has 1 fully saturated rings. The van der Waals surface area contributed by atoms with Gasteiger partial charge in [-0.15, -0.1) is 0 Å². The van der Waals surface area contributed by atoms with Crippen LogP contribution in [0.15, 0.2) is 12.1 Å². The maximum absolute atomic E-state index is 14.2. The molecule has 1 aliphatic carbocycles. The monoisotopic (exact) mass is 308 g/mol. The van der Waals surface area contributed by atoms with Crippen molar-refractivity contribution in [3.63, 3.8) is 0 Å². The van der Waals surface area contributed by atoms with Gasteiger partial charge in [-0.3, -0.25) is 4.79 Å². The zero-order chi connectivity index (χ0) is 15.2. The number of fused-ring (bicyclic) bond motifs is 1. The van der Waals surface area contributed by atoms with E-state index in [9.17, 15) is 9.18 Å². The molecule has 1 amide bonds. The number of H-pyrrole nitrogens is 1. The molecule has 0 bridgehead atoms. The van der Waals surface area contributed by atoms with Crippen LogP contribution in [0.5, 0.6) is 0 Å². The van der Waals surface area contributed by atoms with Crippen molar-refractivity contribution < 1.29 is 9.18 Å². The smallest absolute Gasteiger partial charge is 0.226 e. The summed E-state index contributed by atoms with van der Waals surface area (Å²) in [6.07, 6.45) is 2.56. The molecule has 1 saturated carbocycles. The van der Waals surface area contributed by atoms with Gasteiger partial charge in [0.05, 0.1) is 11.6 Å². The summed E-state index contributed by atoms with van der Waals surface area (Å²) in [4.78, 5) is 15.1. The Hall–Kier alpha value is -1.55. The molecule has 3 rings (SSSR count). The Balaban J connectivity index is 1.84. The predicted octanol–water partition coefficient (Wildman–Crippen LogP) is 3.94. The van der Waals surface area contributed by atoms with Gasteiger partial charge in [0.1, 0.15) is 0 Å². The van der Waals surface area contributed by atoms with Crippen molar-refractivity contribution in [2.45, 2.75) is 39.7 Å². The van der Waals surface area contributed by atoms with Crippen molar-refractivity contribution in [3.8, 4) is 0 Å². The quantitative estimate of drug-likeness (QED) is 0.883. The van der Waals surface area contributed by atoms with E-state index in [0.29, 0.717) is 18.4 Å². The van der Waals surface area contributed by atoms with Crippen molar-refractivity contribution in [1.29, 1.82) is 0 Å². The van der Waals surface area contributed by atoms with Crippen molar-refractivity contribution in [3.05, 3.63) is 34.2 Å². The van der Waals surface area contributed by atoms with E-state index >= 15 is 0 Å². The second kappa shape index (κ2) is 5.02. The Bertz CT molecular complexity index is 719. The van der Waals surface area contributed by atoms with Crippen LogP contribution in [0.4, 0.5) is 4.39 Å². The van der Waals surface area contributed by atoms with E-state index in [1.807, 2.05) is 19.9 Å². The molecule has 1 heterocycles. The van der Waals surface area contributed by atoms with Crippen LogP contribution in [0.25, 0.3) is 10.9 Å². The van der Waals surface area contributed by atoms with E-state index in [1.54, 1.807) is 6.07 Å². The first-order valence-electron chi connectivity index (χ1n) is 7.21. The lowest BCUT2D eigenvalue weighted by molar-refractivity contribution is -0.125. The zero-order valence-electron chi connectivity index (χ0n) is 12.1. The standard InChI is InChI=1S/C16H18ClFN2O/c1-3-9-6-12-11(14(18)13(9)17)7-10(20-12)8-19-15(21)16(2)4-5-16/h6-7,20H,3-5,8H2,1-2H3,(H,19,21). The highest BCUT2D eigenvalue weighted by Crippen LogP contribution is 2.45. The number of hydrogen-bond donors (Lipinski definition) is 2. The minimum atomic E-state index is -0.394. The number of benzene rings is 1. The number of aromatic nitrogens is 1. The van der Waals surface area contributed by atoms with Gasteiger partial charge in [-0.2, -0.15) is 0 Å². The molecule has 0 saturated heterocycles. The first kappa shape index (κ1) is 14.4. The van der Waals surface area contributed by atoms with Crippen LogP contribution < -0.4 is 5.32 Å². The third-order valence-electron chi connectivity index (χ3n) is 4.30. The lowest BCUT2D eigenvalue weighted by atomic mass is 10.1. The summed E-state index contributed by atoms with van der Waals surface area (Å²) in [5.74, 6) is -0.331. The number of rotatable bonds is 4. The highest BCUT2D eigenvalue weighted by molar-refractivity contribution is 6.32. The Morgan fingerprint density at radius 1 is 1.48 bits per heavy atom. The topological polar surface area (TPSA) is 44.9 Å². The van der Waals surface area contributed by atoms with Crippen LogP contribution in [0.2, 0.25) is 5.02 Å². The lowest BCUT2D eigenvalue weighted by Gasteiger charge is -2.08. The van der Waals surface area contributed by atoms with E-state index < -0.39 is 5.82 Å². The summed E-state index contributed by atoms with van der Waals surface area (Å²) >= 11 is 6.02. The number of hydrogen-bond acceptors (Lipinski definition) is 1. The second-order valence-electron chi connectivity index (χ2n) is 6.02. The fraction of sp³-hybridized carbons (Fsp3) is 0.438. The van der Waals surface area contributed by atoms with E-state index in [1.165, 1.54) is 0 Å². The van der Waals surface area contributed by atoms with Crippen LogP contribution in [-0.2, 0) is 17.8 Å². The fourth-order valence-corrected chi connectivity index (χ4v) is 2.77. The number of carbonyl (C=O) groups excluding carboxylic acids is 1. The minimum absolute atomic E-state index is 0.0638. The molecular weight excluding hydrogens is 291 g/mol. The Labute approximate surface area is 127 Å². The summed E-state index contributed by atoms with van der Waals surface area (Å²) < 4.78 is 14.2. The van der Waals surface area contributed by atoms with Crippen molar-refractivity contribution in [1.82, 2.24) is 10.3 Å². The number of halogens is 2. The van der Waals surface area contributed by atoms with E-state index in [4.69, 9.17) is 11.6 Å². The van der Waals surface area contributed by atoms with E-state index in [0.717, 1.165) is 29.6 Å². The first-order chi connectivity index (χ1) is 9.94. The molecule has 2 N–H and O–H groups in total. The van der Waals surface area contributed by atoms with Crippen molar-refractivity contribution in [2.24, 2.45) is 5.41 Å². The fourth-order valence-electron chi connectivity index (χ4n) is 2.48. The van der Waals surface area contributed by atoms with Crippen LogP contribution >= 0.6 is 11.6 Å². The van der Waals surface area contributed by atoms with E-state index in [2.05, 4.69) is 10.3 Å². The van der Waals surface area contributed by atoms with Gasteiger partial charge < -0.3 is 10.3 Å². The average molecular weight is 309 g/mol. The molecule has 5 heteroatoms. The molecule has 1 aliphatic rings. The molecule has 0 radical (unpaired) electrons. The minimum Gasteiger partial charge on any atom is -0.357 e. The maximum atomic E-state index is 14.2. The highest BCUT2D eigenvalue weighted by atomic mass is 35.5. The van der Waals surface area contributed by atoms with Crippen LogP contribution in [-0.4, -0.2) is 10.9 Å². The van der Waals surface area contributed by atoms with Crippen LogP contribution in [0.3, 0.4) is 0 Å². The number of amides is 1. The highest BCUT2D eigenvalue weighted by Gasteiger charge is 2.44. The average Bonchev–Trinajstić information content (AvgIpc) is 3.09. The molecule has 3 nitrogen and oxygen atoms in total. The van der Waals surface area contributed by atoms with Gasteiger partial charge in [-0.1, -0.05) is 25.4 Å². The number of aromatic amines is 1. The Morgan fingerprint density at radius 2 is 2.19 bits per heavy atom. The van der Waals surface area contributed by atoms with Crippen LogP contribution in [0, 0.1) is 11.2 Å². The van der Waals surface area contributed by atoms with E-state index in [-0.39, 0.29) is 16.3 Å². The number of nitrogens with one attached hydrogen (secondary N) is 2. The van der Waals surface area contributed by atoms with Gasteiger partial charge in [-0.25, -0.2) is 4.39 Å². The van der Waals surface area contributed by atoms with Gasteiger partial charge in [0.25, 0.3) is 0 Å². The third-order valence-corrected chi connectivity index (χ3v) is 4.71. The van der Waals surface area contributed by atoms with Gasteiger partial charge in [0.2, 0.25) is 5.91 Å². The first-order valence-corrected chi connectivity index (χ1v) is 7.59. The SMILES string of the molecule is CCc1cc2[nH]c(CNC(=O)C3(C)CC3)cc2c(F)c1Cl. The van der Waals surface area contributed by atoms with Gasteiger partial charge in [-0.05, 0) is 37.0 Å². The normalized spacial score (nSPS) is 16.2. The summed E-state index contributed by atoms with van der Waals surface area (Å²) in [6.45, 7) is 4.27. The summed E-state index contributed by atoms with van der Waals surface area (Å²) in [6, 6.07) is 3.58. The molecule has 0 unspecified atom stereocenters. The zero-order valence-corrected chi connectivity index (χ0v) is 12.9. The summed E-state index contributed by atoms with van der Waals surface area (Å²) in [7, 11) is 0. The molecule has 112 valence electrons. The summed E-state index contributed by atoms with van der Waals surface area (Å²) in [5.41, 5.74) is 2.08. The summed E-state index contributed by atoms with van der Waals surface area (Å²) in [5, 5.41) is 3.56. The number of carbonyl (C=O) groups is 1. The van der Waals surface area contributed by atoms with Crippen LogP contribution in [0.1, 0.15) is 37.9 Å². The second-order valence-corrected chi connectivity index (χ2v) is 6.39. The third kappa shape index (κ3) is 2.53. The van der Waals surface area contributed by atoms with Crippen molar-refractivity contribution >= 4 is 28.4 Å². The largest absolute Gasteiger partial charge is 0.357 e. The molecule has 2 aromatic rings. The van der Waals surface area contributed by atoms with Gasteiger partial charge >= 0.3 is 0 Å². The molecule has 1 aromatic carbocycles. The predicted molar refractivity (Wildman–Crippen MR) is 81.8 cm³/mol. The molecule has 0 atom stereocenters. The molecular formula is C16H18ClFN2O. The maximum Gasteiger partial charge on any atom is 0.226 e. The van der Waals surface area contributed by atoms with Gasteiger partial charge in [0, 0.05) is 22.0 Å². The Kier molecular flexibility index (Phi) is 3.44. The number of aryl methyl sites for hydroxylation is 1. The lowest BCUT2D eigenvalue weighted by Crippen LogP contribution is -2.29. The Morgan fingerprint density at radius 3 is 2.81 bits per heavy atom. The molecule has 1 aromatic heterocycles. The molecule has 21 heavy (non-hydrogen) atoms. The molecule has 0 spiro atoms. The molecule has 0 aliphatic heterocycles.